The molecular weight excluding hydrogens is 346 g/mol. The van der Waals surface area contributed by atoms with Crippen LogP contribution in [0.5, 0.6) is 0 Å². The highest BCUT2D eigenvalue weighted by Crippen LogP contribution is 2.41. The normalized spacial score (nSPS) is 23.2. The van der Waals surface area contributed by atoms with Crippen molar-refractivity contribution in [2.45, 2.75) is 62.2 Å². The zero-order chi connectivity index (χ0) is 17.4. The first kappa shape index (κ1) is 18.8. The standard InChI is InChI=1S/C17H26ClNO2SSi/c1-11(21-23(5,6)17(2,3)4)14-15(20)19-16(14)22-13-9-7-12(18)8-10-13/h7-11,14,16H,1-6H3,(H,19,20). The van der Waals surface area contributed by atoms with Gasteiger partial charge < -0.3 is 9.74 Å². The van der Waals surface area contributed by atoms with E-state index in [1.807, 2.05) is 31.2 Å². The van der Waals surface area contributed by atoms with Crippen molar-refractivity contribution in [3.05, 3.63) is 29.3 Å². The lowest BCUT2D eigenvalue weighted by molar-refractivity contribution is -0.136. The summed E-state index contributed by atoms with van der Waals surface area (Å²) in [5.41, 5.74) is 0. The first-order valence-electron chi connectivity index (χ1n) is 7.92. The topological polar surface area (TPSA) is 38.3 Å². The molecule has 1 amide bonds. The Morgan fingerprint density at radius 3 is 2.30 bits per heavy atom. The molecule has 1 fully saturated rings. The monoisotopic (exact) mass is 371 g/mol. The molecule has 0 aliphatic carbocycles. The molecule has 1 aliphatic heterocycles. The highest BCUT2D eigenvalue weighted by molar-refractivity contribution is 8.00. The Kier molecular flexibility index (Phi) is 5.56. The number of benzene rings is 1. The van der Waals surface area contributed by atoms with Gasteiger partial charge in [0.15, 0.2) is 8.32 Å². The van der Waals surface area contributed by atoms with E-state index in [1.165, 1.54) is 0 Å². The molecule has 0 bridgehead atoms. The minimum Gasteiger partial charge on any atom is -0.413 e. The number of carbonyl (C=O) groups excluding carboxylic acids is 1. The van der Waals surface area contributed by atoms with Gasteiger partial charge in [0.1, 0.15) is 0 Å². The number of carbonyl (C=O) groups is 1. The second kappa shape index (κ2) is 6.79. The lowest BCUT2D eigenvalue weighted by atomic mass is 9.96. The van der Waals surface area contributed by atoms with Crippen LogP contribution < -0.4 is 5.32 Å². The number of thioether (sulfide) groups is 1. The Labute approximate surface area is 149 Å². The van der Waals surface area contributed by atoms with Crippen LogP contribution in [-0.2, 0) is 9.22 Å². The van der Waals surface area contributed by atoms with Gasteiger partial charge in [-0.3, -0.25) is 4.79 Å². The highest BCUT2D eigenvalue weighted by atomic mass is 35.5. The van der Waals surface area contributed by atoms with Gasteiger partial charge in [-0.2, -0.15) is 0 Å². The highest BCUT2D eigenvalue weighted by Gasteiger charge is 2.47. The third-order valence-corrected chi connectivity index (χ3v) is 10.8. The van der Waals surface area contributed by atoms with E-state index in [1.54, 1.807) is 11.8 Å². The Morgan fingerprint density at radius 1 is 1.26 bits per heavy atom. The lowest BCUT2D eigenvalue weighted by Crippen LogP contribution is -2.62. The second-order valence-corrected chi connectivity index (χ2v) is 14.0. The molecule has 0 saturated carbocycles. The fourth-order valence-corrected chi connectivity index (χ4v) is 5.11. The van der Waals surface area contributed by atoms with E-state index in [0.717, 1.165) is 9.92 Å². The molecule has 1 saturated heterocycles. The van der Waals surface area contributed by atoms with E-state index in [2.05, 4.69) is 39.2 Å². The molecule has 3 nitrogen and oxygen atoms in total. The van der Waals surface area contributed by atoms with E-state index >= 15 is 0 Å². The summed E-state index contributed by atoms with van der Waals surface area (Å²) in [5.74, 6) is -0.0209. The van der Waals surface area contributed by atoms with Crippen molar-refractivity contribution >= 4 is 37.6 Å². The summed E-state index contributed by atoms with van der Waals surface area (Å²) in [6, 6.07) is 7.70. The van der Waals surface area contributed by atoms with Crippen molar-refractivity contribution in [1.82, 2.24) is 5.32 Å². The summed E-state index contributed by atoms with van der Waals surface area (Å²) in [4.78, 5) is 13.2. The van der Waals surface area contributed by atoms with Crippen LogP contribution in [0.4, 0.5) is 0 Å². The zero-order valence-electron chi connectivity index (χ0n) is 14.6. The molecule has 3 unspecified atom stereocenters. The molecule has 0 aromatic heterocycles. The second-order valence-electron chi connectivity index (χ2n) is 7.61. The average Bonchev–Trinajstić information content (AvgIpc) is 2.38. The number of nitrogens with one attached hydrogen (secondary N) is 1. The predicted molar refractivity (Wildman–Crippen MR) is 100 cm³/mol. The molecule has 3 atom stereocenters. The fraction of sp³-hybridized carbons (Fsp3) is 0.588. The molecule has 128 valence electrons. The number of rotatable bonds is 5. The Morgan fingerprint density at radius 2 is 1.83 bits per heavy atom. The quantitative estimate of drug-likeness (QED) is 0.590. The van der Waals surface area contributed by atoms with Gasteiger partial charge in [-0.1, -0.05) is 32.4 Å². The van der Waals surface area contributed by atoms with Crippen LogP contribution >= 0.6 is 23.4 Å². The third-order valence-electron chi connectivity index (χ3n) is 4.78. The van der Waals surface area contributed by atoms with Gasteiger partial charge in [-0.05, 0) is 49.3 Å². The maximum atomic E-state index is 12.1. The zero-order valence-corrected chi connectivity index (χ0v) is 17.2. The van der Waals surface area contributed by atoms with Crippen LogP contribution in [0.2, 0.25) is 23.2 Å². The molecule has 1 heterocycles. The van der Waals surface area contributed by atoms with Gasteiger partial charge in [0.25, 0.3) is 0 Å². The van der Waals surface area contributed by atoms with Crippen molar-refractivity contribution in [3.63, 3.8) is 0 Å². The van der Waals surface area contributed by atoms with Gasteiger partial charge in [0.2, 0.25) is 5.91 Å². The van der Waals surface area contributed by atoms with E-state index in [9.17, 15) is 4.79 Å². The number of halogens is 1. The summed E-state index contributed by atoms with van der Waals surface area (Å²) in [6.45, 7) is 13.1. The number of hydrogen-bond donors (Lipinski definition) is 1. The lowest BCUT2D eigenvalue weighted by Gasteiger charge is -2.45. The van der Waals surface area contributed by atoms with Crippen LogP contribution in [0, 0.1) is 5.92 Å². The van der Waals surface area contributed by atoms with Gasteiger partial charge in [-0.15, -0.1) is 11.8 Å². The van der Waals surface area contributed by atoms with Gasteiger partial charge in [0.05, 0.1) is 17.4 Å². The Balaban J connectivity index is 2.02. The minimum atomic E-state index is -1.88. The van der Waals surface area contributed by atoms with Gasteiger partial charge >= 0.3 is 0 Å². The molecule has 23 heavy (non-hydrogen) atoms. The summed E-state index contributed by atoms with van der Waals surface area (Å²) < 4.78 is 6.41. The molecule has 1 aromatic rings. The Bertz CT molecular complexity index is 571. The smallest absolute Gasteiger partial charge is 0.229 e. The number of hydrogen-bond acceptors (Lipinski definition) is 3. The van der Waals surface area contributed by atoms with Crippen LogP contribution in [0.25, 0.3) is 0 Å². The maximum Gasteiger partial charge on any atom is 0.229 e. The van der Waals surface area contributed by atoms with Crippen molar-refractivity contribution in [2.75, 3.05) is 0 Å². The minimum absolute atomic E-state index is 0.0587. The molecule has 2 rings (SSSR count). The molecule has 1 aromatic carbocycles. The molecule has 0 spiro atoms. The fourth-order valence-electron chi connectivity index (χ4n) is 2.30. The van der Waals surface area contributed by atoms with Crippen molar-refractivity contribution in [2.24, 2.45) is 5.92 Å². The van der Waals surface area contributed by atoms with E-state index in [-0.39, 0.29) is 28.3 Å². The predicted octanol–water partition coefficient (Wildman–Crippen LogP) is 4.91. The summed E-state index contributed by atoms with van der Waals surface area (Å²) in [6.07, 6.45) is -0.0746. The van der Waals surface area contributed by atoms with Crippen LogP contribution in [0.3, 0.4) is 0 Å². The third kappa shape index (κ3) is 4.32. The van der Waals surface area contributed by atoms with Crippen LogP contribution in [-0.4, -0.2) is 25.7 Å². The van der Waals surface area contributed by atoms with Gasteiger partial charge in [0, 0.05) is 9.92 Å². The van der Waals surface area contributed by atoms with Crippen LogP contribution in [0.1, 0.15) is 27.7 Å². The largest absolute Gasteiger partial charge is 0.413 e. The van der Waals surface area contributed by atoms with Crippen molar-refractivity contribution in [1.29, 1.82) is 0 Å². The summed E-state index contributed by atoms with van der Waals surface area (Å²) >= 11 is 7.58. The number of amides is 1. The molecular formula is C17H26ClNO2SSi. The van der Waals surface area contributed by atoms with E-state index in [0.29, 0.717) is 0 Å². The maximum absolute atomic E-state index is 12.1. The van der Waals surface area contributed by atoms with E-state index in [4.69, 9.17) is 16.0 Å². The number of β-lactam (4-membered cyclic amide) rings is 1. The van der Waals surface area contributed by atoms with E-state index < -0.39 is 8.32 Å². The molecule has 0 radical (unpaired) electrons. The van der Waals surface area contributed by atoms with Gasteiger partial charge in [-0.25, -0.2) is 0 Å². The van der Waals surface area contributed by atoms with Crippen molar-refractivity contribution < 1.29 is 9.22 Å². The molecule has 6 heteroatoms. The first-order valence-corrected chi connectivity index (χ1v) is 12.1. The first-order chi connectivity index (χ1) is 10.5. The molecule has 1 N–H and O–H groups in total. The average molecular weight is 372 g/mol. The SMILES string of the molecule is CC(O[Si](C)(C)C(C)(C)C)C1C(=O)NC1Sc1ccc(Cl)cc1. The Hall–Kier alpha value is -0.493. The van der Waals surface area contributed by atoms with Crippen LogP contribution in [0.15, 0.2) is 29.2 Å². The summed E-state index contributed by atoms with van der Waals surface area (Å²) in [7, 11) is -1.88. The van der Waals surface area contributed by atoms with Crippen molar-refractivity contribution in [3.8, 4) is 0 Å². The summed E-state index contributed by atoms with van der Waals surface area (Å²) in [5, 5.41) is 3.91. The molecule has 1 aliphatic rings.